The van der Waals surface area contributed by atoms with Gasteiger partial charge in [-0.25, -0.2) is 18.9 Å². The van der Waals surface area contributed by atoms with Crippen LogP contribution in [0.4, 0.5) is 20.6 Å². The van der Waals surface area contributed by atoms with E-state index in [1.165, 1.54) is 23.1 Å². The van der Waals surface area contributed by atoms with Gasteiger partial charge in [-0.2, -0.15) is 0 Å². The quantitative estimate of drug-likeness (QED) is 0.422. The third-order valence-corrected chi connectivity index (χ3v) is 5.39. The van der Waals surface area contributed by atoms with E-state index in [0.29, 0.717) is 22.5 Å². The van der Waals surface area contributed by atoms with E-state index in [4.69, 9.17) is 11.7 Å². The highest BCUT2D eigenvalue weighted by Crippen LogP contribution is 2.35. The summed E-state index contributed by atoms with van der Waals surface area (Å²) in [6.07, 6.45) is 2.35. The van der Waals surface area contributed by atoms with Crippen molar-refractivity contribution in [3.63, 3.8) is 0 Å². The van der Waals surface area contributed by atoms with Crippen LogP contribution in [-0.4, -0.2) is 39.9 Å². The number of aryl methyl sites for hydroxylation is 1. The molecule has 7 nitrogen and oxygen atoms in total. The van der Waals surface area contributed by atoms with Crippen molar-refractivity contribution in [3.8, 4) is 0 Å². The number of carbonyl (C=O) groups excluding carboxylic acids is 3. The number of hydrogen-bond donors (Lipinski definition) is 1. The first-order valence-electron chi connectivity index (χ1n) is 9.84. The monoisotopic (exact) mass is 435 g/mol. The minimum Gasteiger partial charge on any atom is -0.388 e. The molecule has 0 atom stereocenters. The number of hydrogen-bond acceptors (Lipinski definition) is 4. The zero-order valence-corrected chi connectivity index (χ0v) is 17.9. The van der Waals surface area contributed by atoms with Gasteiger partial charge in [0.15, 0.2) is 11.5 Å². The summed E-state index contributed by atoms with van der Waals surface area (Å²) in [6.45, 7) is 11.5. The average Bonchev–Trinajstić information content (AvgIpc) is 2.92. The second-order valence-corrected chi connectivity index (χ2v) is 7.96. The molecule has 0 unspecified atom stereocenters. The summed E-state index contributed by atoms with van der Waals surface area (Å²) in [5.74, 6) is -1.56. The molecule has 1 aliphatic rings. The molecule has 1 aliphatic heterocycles. The number of nitrogens with zero attached hydrogens (tertiary/aromatic N) is 3. The maximum atomic E-state index is 14.5. The first-order chi connectivity index (χ1) is 15.1. The van der Waals surface area contributed by atoms with Crippen molar-refractivity contribution < 1.29 is 23.9 Å². The minimum atomic E-state index is -1.16. The minimum absolute atomic E-state index is 0.00365. The molecule has 1 saturated heterocycles. The SMILES string of the molecule is [C-]#[N+]c1ccc(N2C(=O)N(Cc3ccc(/C=C/C(=O)CO)c(F)c3)C(C)(C)C2=O)cc1C. The summed E-state index contributed by atoms with van der Waals surface area (Å²) in [5, 5.41) is 8.75. The molecule has 0 aromatic heterocycles. The van der Waals surface area contributed by atoms with E-state index in [2.05, 4.69) is 4.85 Å². The van der Waals surface area contributed by atoms with Gasteiger partial charge in [0.2, 0.25) is 0 Å². The van der Waals surface area contributed by atoms with Crippen molar-refractivity contribution >= 4 is 35.2 Å². The Hall–Kier alpha value is -3.83. The van der Waals surface area contributed by atoms with E-state index in [1.807, 2.05) is 0 Å². The number of aliphatic hydroxyl groups is 1. The second-order valence-electron chi connectivity index (χ2n) is 7.96. The van der Waals surface area contributed by atoms with Gasteiger partial charge in [0.25, 0.3) is 5.91 Å². The fourth-order valence-electron chi connectivity index (χ4n) is 3.46. The van der Waals surface area contributed by atoms with E-state index in [0.717, 1.165) is 11.0 Å². The van der Waals surface area contributed by atoms with Crippen molar-refractivity contribution in [2.75, 3.05) is 11.5 Å². The van der Waals surface area contributed by atoms with Crippen LogP contribution >= 0.6 is 0 Å². The molecule has 0 saturated carbocycles. The highest BCUT2D eigenvalue weighted by atomic mass is 19.1. The van der Waals surface area contributed by atoms with Gasteiger partial charge in [0, 0.05) is 12.1 Å². The highest BCUT2D eigenvalue weighted by Gasteiger charge is 2.51. The lowest BCUT2D eigenvalue weighted by molar-refractivity contribution is -0.123. The zero-order valence-electron chi connectivity index (χ0n) is 17.9. The van der Waals surface area contributed by atoms with Gasteiger partial charge in [0.05, 0.1) is 12.3 Å². The Balaban J connectivity index is 1.88. The number of urea groups is 1. The molecular weight excluding hydrogens is 413 g/mol. The molecular formula is C24H22FN3O4. The molecule has 8 heteroatoms. The molecule has 1 fully saturated rings. The Labute approximate surface area is 185 Å². The van der Waals surface area contributed by atoms with Crippen LogP contribution in [0, 0.1) is 19.3 Å². The lowest BCUT2D eigenvalue weighted by atomic mass is 10.0. The third-order valence-electron chi connectivity index (χ3n) is 5.39. The van der Waals surface area contributed by atoms with Crippen molar-refractivity contribution in [2.45, 2.75) is 32.9 Å². The molecule has 0 aliphatic carbocycles. The van der Waals surface area contributed by atoms with Gasteiger partial charge in [-0.15, -0.1) is 0 Å². The number of carbonyl (C=O) groups is 3. The number of imide groups is 1. The predicted molar refractivity (Wildman–Crippen MR) is 117 cm³/mol. The van der Waals surface area contributed by atoms with Crippen LogP contribution in [0.15, 0.2) is 42.5 Å². The van der Waals surface area contributed by atoms with E-state index < -0.39 is 35.7 Å². The van der Waals surface area contributed by atoms with Gasteiger partial charge in [0.1, 0.15) is 18.0 Å². The van der Waals surface area contributed by atoms with Gasteiger partial charge in [-0.1, -0.05) is 18.2 Å². The molecule has 0 radical (unpaired) electrons. The molecule has 164 valence electrons. The standard InChI is InChI=1S/C24H22FN3O4/c1-15-11-18(8-10-21(15)26-4)28-22(31)24(2,3)27(23(28)32)13-16-5-6-17(20(25)12-16)7-9-19(30)14-29/h5-12,29H,13-14H2,1-3H3/b9-7+. The fraction of sp³-hybridized carbons (Fsp3) is 0.250. The van der Waals surface area contributed by atoms with E-state index in [1.54, 1.807) is 45.0 Å². The fourth-order valence-corrected chi connectivity index (χ4v) is 3.46. The molecule has 2 aromatic carbocycles. The lowest BCUT2D eigenvalue weighted by Gasteiger charge is -2.27. The van der Waals surface area contributed by atoms with Gasteiger partial charge in [-0.3, -0.25) is 9.59 Å². The first-order valence-corrected chi connectivity index (χ1v) is 9.84. The molecule has 1 heterocycles. The lowest BCUT2D eigenvalue weighted by Crippen LogP contribution is -2.43. The summed E-state index contributed by atoms with van der Waals surface area (Å²) in [6, 6.07) is 8.53. The molecule has 2 aromatic rings. The van der Waals surface area contributed by atoms with E-state index in [-0.39, 0.29) is 12.1 Å². The smallest absolute Gasteiger partial charge is 0.332 e. The summed E-state index contributed by atoms with van der Waals surface area (Å²) in [7, 11) is 0. The normalized spacial score (nSPS) is 15.5. The van der Waals surface area contributed by atoms with Crippen molar-refractivity contribution in [3.05, 3.63) is 76.4 Å². The third kappa shape index (κ3) is 4.15. The molecule has 3 rings (SSSR count). The number of rotatable bonds is 6. The Bertz CT molecular complexity index is 1180. The van der Waals surface area contributed by atoms with Crippen molar-refractivity contribution in [2.24, 2.45) is 0 Å². The van der Waals surface area contributed by atoms with Crippen molar-refractivity contribution in [1.82, 2.24) is 4.90 Å². The first kappa shape index (κ1) is 22.8. The van der Waals surface area contributed by atoms with Gasteiger partial charge < -0.3 is 10.0 Å². The predicted octanol–water partition coefficient (Wildman–Crippen LogP) is 4.01. The Morgan fingerprint density at radius 1 is 1.22 bits per heavy atom. The van der Waals surface area contributed by atoms with Gasteiger partial charge >= 0.3 is 6.03 Å². The molecule has 0 bridgehead atoms. The summed E-state index contributed by atoms with van der Waals surface area (Å²) < 4.78 is 14.5. The molecule has 32 heavy (non-hydrogen) atoms. The Morgan fingerprint density at radius 2 is 1.94 bits per heavy atom. The van der Waals surface area contributed by atoms with Crippen LogP contribution < -0.4 is 4.90 Å². The maximum Gasteiger partial charge on any atom is 0.332 e. The summed E-state index contributed by atoms with van der Waals surface area (Å²) in [5.41, 5.74) is 0.945. The number of aliphatic hydroxyl groups excluding tert-OH is 1. The molecule has 1 N–H and O–H groups in total. The van der Waals surface area contributed by atoms with Crippen LogP contribution in [0.2, 0.25) is 0 Å². The van der Waals surface area contributed by atoms with E-state index >= 15 is 0 Å². The summed E-state index contributed by atoms with van der Waals surface area (Å²) >= 11 is 0. The van der Waals surface area contributed by atoms with Crippen LogP contribution in [0.25, 0.3) is 10.9 Å². The Kier molecular flexibility index (Phi) is 6.23. The number of ketones is 1. The average molecular weight is 435 g/mol. The van der Waals surface area contributed by atoms with Crippen LogP contribution in [0.3, 0.4) is 0 Å². The zero-order chi connectivity index (χ0) is 23.6. The van der Waals surface area contributed by atoms with Crippen LogP contribution in [0.1, 0.15) is 30.5 Å². The number of benzene rings is 2. The van der Waals surface area contributed by atoms with Crippen LogP contribution in [-0.2, 0) is 16.1 Å². The largest absolute Gasteiger partial charge is 0.388 e. The number of anilines is 1. The van der Waals surface area contributed by atoms with Gasteiger partial charge in [-0.05, 0) is 62.2 Å². The number of halogens is 1. The van der Waals surface area contributed by atoms with Crippen molar-refractivity contribution in [1.29, 1.82) is 0 Å². The Morgan fingerprint density at radius 3 is 2.53 bits per heavy atom. The number of amides is 3. The molecule has 3 amide bonds. The second kappa shape index (κ2) is 8.73. The topological polar surface area (TPSA) is 82.3 Å². The summed E-state index contributed by atoms with van der Waals surface area (Å²) in [4.78, 5) is 43.3. The molecule has 0 spiro atoms. The highest BCUT2D eigenvalue weighted by molar-refractivity contribution is 6.23. The maximum absolute atomic E-state index is 14.5. The van der Waals surface area contributed by atoms with Crippen LogP contribution in [0.5, 0.6) is 0 Å². The van der Waals surface area contributed by atoms with E-state index in [9.17, 15) is 18.8 Å².